The van der Waals surface area contributed by atoms with Crippen LogP contribution >= 0.6 is 0 Å². The Labute approximate surface area is 168 Å². The first kappa shape index (κ1) is 18.9. The third-order valence-electron chi connectivity index (χ3n) is 6.57. The Hall–Kier alpha value is -2.39. The van der Waals surface area contributed by atoms with E-state index in [1.807, 2.05) is 38.1 Å². The van der Waals surface area contributed by atoms with Crippen LogP contribution in [0.1, 0.15) is 58.8 Å². The molecule has 28 heavy (non-hydrogen) atoms. The molecule has 0 radical (unpaired) electrons. The summed E-state index contributed by atoms with van der Waals surface area (Å²) in [5.74, 6) is 0.0443. The topological polar surface area (TPSA) is 32.3 Å². The maximum atomic E-state index is 13.4. The Morgan fingerprint density at radius 3 is 2.14 bits per heavy atom. The molecule has 2 aromatic rings. The first-order chi connectivity index (χ1) is 13.6. The van der Waals surface area contributed by atoms with Crippen LogP contribution in [0.15, 0.2) is 60.7 Å². The number of nitrogens with one attached hydrogen (secondary N) is 1. The van der Waals surface area contributed by atoms with Gasteiger partial charge in [0.15, 0.2) is 0 Å². The van der Waals surface area contributed by atoms with Crippen molar-refractivity contribution in [2.45, 2.75) is 51.1 Å². The lowest BCUT2D eigenvalue weighted by molar-refractivity contribution is 0.0672. The third kappa shape index (κ3) is 3.40. The monoisotopic (exact) mass is 374 g/mol. The van der Waals surface area contributed by atoms with E-state index in [4.69, 9.17) is 0 Å². The molecule has 0 bridgehead atoms. The van der Waals surface area contributed by atoms with Gasteiger partial charge >= 0.3 is 0 Å². The summed E-state index contributed by atoms with van der Waals surface area (Å²) in [4.78, 5) is 16.0. The average Bonchev–Trinajstić information content (AvgIpc) is 3.39. The average molecular weight is 375 g/mol. The van der Waals surface area contributed by atoms with Gasteiger partial charge in [0.2, 0.25) is 0 Å². The highest BCUT2D eigenvalue weighted by atomic mass is 16.1. The zero-order chi connectivity index (χ0) is 19.6. The number of hydrogen-bond donors (Lipinski definition) is 1. The van der Waals surface area contributed by atoms with E-state index in [-0.39, 0.29) is 17.5 Å². The van der Waals surface area contributed by atoms with Gasteiger partial charge in [-0.05, 0) is 43.4 Å². The molecule has 1 atom stereocenters. The number of amides is 1. The molecule has 146 valence electrons. The molecule has 3 nitrogen and oxygen atoms in total. The normalized spacial score (nSPS) is 19.6. The number of nitrogens with zero attached hydrogens (tertiary/aromatic N) is 1. The quantitative estimate of drug-likeness (QED) is 0.750. The molecule has 1 saturated carbocycles. The van der Waals surface area contributed by atoms with Crippen LogP contribution in [0.4, 0.5) is 0 Å². The smallest absolute Gasteiger partial charge is 0.252 e. The van der Waals surface area contributed by atoms with E-state index in [1.54, 1.807) is 0 Å². The minimum absolute atomic E-state index is 0.0115. The summed E-state index contributed by atoms with van der Waals surface area (Å²) in [5, 5.41) is 3.48. The van der Waals surface area contributed by atoms with Crippen molar-refractivity contribution in [2.24, 2.45) is 0 Å². The summed E-state index contributed by atoms with van der Waals surface area (Å²) in [6.07, 6.45) is 9.21. The molecule has 1 heterocycles. The maximum absolute atomic E-state index is 13.4. The third-order valence-corrected chi connectivity index (χ3v) is 6.57. The van der Waals surface area contributed by atoms with E-state index in [0.717, 1.165) is 42.6 Å². The van der Waals surface area contributed by atoms with Gasteiger partial charge in [-0.2, -0.15) is 0 Å². The molecular weight excluding hydrogens is 344 g/mol. The molecule has 1 unspecified atom stereocenters. The summed E-state index contributed by atoms with van der Waals surface area (Å²) in [6.45, 7) is 6.00. The van der Waals surface area contributed by atoms with Crippen molar-refractivity contribution in [3.63, 3.8) is 0 Å². The second kappa shape index (κ2) is 7.92. The molecule has 3 heteroatoms. The van der Waals surface area contributed by atoms with Gasteiger partial charge in [-0.3, -0.25) is 9.69 Å². The van der Waals surface area contributed by atoms with Crippen molar-refractivity contribution in [1.29, 1.82) is 0 Å². The van der Waals surface area contributed by atoms with E-state index in [0.29, 0.717) is 0 Å². The number of carbonyl (C=O) groups is 1. The van der Waals surface area contributed by atoms with E-state index < -0.39 is 0 Å². The van der Waals surface area contributed by atoms with Crippen LogP contribution < -0.4 is 5.32 Å². The molecule has 1 amide bonds. The summed E-state index contributed by atoms with van der Waals surface area (Å²) < 4.78 is 0. The Kier molecular flexibility index (Phi) is 5.36. The second-order valence-corrected chi connectivity index (χ2v) is 8.27. The first-order valence-corrected chi connectivity index (χ1v) is 10.4. The van der Waals surface area contributed by atoms with Crippen molar-refractivity contribution < 1.29 is 4.79 Å². The fourth-order valence-corrected chi connectivity index (χ4v) is 5.17. The number of rotatable bonds is 5. The fraction of sp³-hybridized carbons (Fsp3) is 0.400. The summed E-state index contributed by atoms with van der Waals surface area (Å²) in [7, 11) is 0. The largest absolute Gasteiger partial charge is 0.343 e. The highest BCUT2D eigenvalue weighted by Gasteiger charge is 2.47. The predicted octanol–water partition coefficient (Wildman–Crippen LogP) is 4.96. The van der Waals surface area contributed by atoms with E-state index in [1.165, 1.54) is 18.4 Å². The van der Waals surface area contributed by atoms with Crippen LogP contribution in [-0.2, 0) is 0 Å². The molecule has 2 aromatic carbocycles. The molecule has 1 aliphatic heterocycles. The minimum atomic E-state index is -0.0168. The van der Waals surface area contributed by atoms with Gasteiger partial charge in [0.05, 0.1) is 6.04 Å². The molecule has 1 aliphatic carbocycles. The fourth-order valence-electron chi connectivity index (χ4n) is 5.17. The molecule has 4 rings (SSSR count). The Morgan fingerprint density at radius 1 is 0.929 bits per heavy atom. The lowest BCUT2D eigenvalue weighted by Gasteiger charge is -2.45. The second-order valence-electron chi connectivity index (χ2n) is 8.27. The molecule has 2 aliphatic rings. The zero-order valence-corrected chi connectivity index (χ0v) is 16.9. The van der Waals surface area contributed by atoms with Crippen LogP contribution in [0.5, 0.6) is 0 Å². The molecular formula is C25H30N2O. The highest BCUT2D eigenvalue weighted by molar-refractivity contribution is 5.97. The molecule has 0 spiro atoms. The van der Waals surface area contributed by atoms with E-state index in [9.17, 15) is 4.79 Å². The van der Waals surface area contributed by atoms with Gasteiger partial charge in [0.25, 0.3) is 5.91 Å². The zero-order valence-electron chi connectivity index (χ0n) is 16.9. The number of hydrogen-bond acceptors (Lipinski definition) is 2. The van der Waals surface area contributed by atoms with Crippen molar-refractivity contribution >= 4 is 5.91 Å². The highest BCUT2D eigenvalue weighted by Crippen LogP contribution is 2.45. The van der Waals surface area contributed by atoms with E-state index in [2.05, 4.69) is 46.6 Å². The Balaban J connectivity index is 1.73. The van der Waals surface area contributed by atoms with Crippen molar-refractivity contribution in [1.82, 2.24) is 10.2 Å². The van der Waals surface area contributed by atoms with Crippen molar-refractivity contribution in [2.75, 3.05) is 13.1 Å². The van der Waals surface area contributed by atoms with Crippen LogP contribution in [-0.4, -0.2) is 29.4 Å². The first-order valence-electron chi connectivity index (χ1n) is 10.4. The van der Waals surface area contributed by atoms with Crippen LogP contribution in [0.3, 0.4) is 0 Å². The van der Waals surface area contributed by atoms with Gasteiger partial charge in [0, 0.05) is 24.2 Å². The van der Waals surface area contributed by atoms with Gasteiger partial charge in [-0.15, -0.1) is 0 Å². The molecule has 1 fully saturated rings. The SMILES string of the molecule is Cc1cccc(C)c1C(=O)NC(c1ccccc1)C1(N2CC=CC2)CCCC1. The summed E-state index contributed by atoms with van der Waals surface area (Å²) in [6, 6.07) is 16.6. The number of carbonyl (C=O) groups excluding carboxylic acids is 1. The molecule has 1 N–H and O–H groups in total. The van der Waals surface area contributed by atoms with E-state index >= 15 is 0 Å². The summed E-state index contributed by atoms with van der Waals surface area (Å²) in [5.41, 5.74) is 4.07. The van der Waals surface area contributed by atoms with Gasteiger partial charge < -0.3 is 5.32 Å². The van der Waals surface area contributed by atoms with Crippen LogP contribution in [0.25, 0.3) is 0 Å². The molecule has 0 aromatic heterocycles. The standard InChI is InChI=1S/C25H30N2O/c1-19-11-10-12-20(2)22(19)24(28)26-23(21-13-4-3-5-14-21)25(15-6-7-16-25)27-17-8-9-18-27/h3-5,8-14,23H,6-7,15-18H2,1-2H3,(H,26,28). The van der Waals surface area contributed by atoms with Crippen LogP contribution in [0.2, 0.25) is 0 Å². The van der Waals surface area contributed by atoms with Crippen molar-refractivity contribution in [3.8, 4) is 0 Å². The predicted molar refractivity (Wildman–Crippen MR) is 114 cm³/mol. The summed E-state index contributed by atoms with van der Waals surface area (Å²) >= 11 is 0. The number of aryl methyl sites for hydroxylation is 2. The Bertz CT molecular complexity index is 837. The maximum Gasteiger partial charge on any atom is 0.252 e. The Morgan fingerprint density at radius 2 is 1.54 bits per heavy atom. The lowest BCUT2D eigenvalue weighted by atomic mass is 9.81. The van der Waals surface area contributed by atoms with Gasteiger partial charge in [-0.1, -0.05) is 73.5 Å². The van der Waals surface area contributed by atoms with Crippen LogP contribution in [0, 0.1) is 13.8 Å². The number of benzene rings is 2. The molecule has 0 saturated heterocycles. The van der Waals surface area contributed by atoms with Crippen molar-refractivity contribution in [3.05, 3.63) is 82.9 Å². The van der Waals surface area contributed by atoms with Gasteiger partial charge in [0.1, 0.15) is 0 Å². The lowest BCUT2D eigenvalue weighted by Crippen LogP contribution is -2.55. The minimum Gasteiger partial charge on any atom is -0.343 e. The van der Waals surface area contributed by atoms with Gasteiger partial charge in [-0.25, -0.2) is 0 Å².